The predicted octanol–water partition coefficient (Wildman–Crippen LogP) is -0.547. The van der Waals surface area contributed by atoms with Gasteiger partial charge in [0, 0.05) is 10.4 Å². The number of aliphatic hydroxyl groups is 1. The third-order valence-electron chi connectivity index (χ3n) is 2.34. The maximum absolute atomic E-state index is 8.88. The van der Waals surface area contributed by atoms with Crippen molar-refractivity contribution in [3.8, 4) is 30.0 Å². The highest BCUT2D eigenvalue weighted by Crippen LogP contribution is 2.03. The highest BCUT2D eigenvalue weighted by molar-refractivity contribution is 5.75. The van der Waals surface area contributed by atoms with Crippen LogP contribution in [0.2, 0.25) is 0 Å². The molecule has 0 aliphatic rings. The number of benzene rings is 1. The van der Waals surface area contributed by atoms with Crippen LogP contribution in [-0.2, 0) is 0 Å². The molecular weight excluding hydrogens is 256 g/mol. The molecule has 0 saturated carbocycles. The van der Waals surface area contributed by atoms with E-state index in [1.807, 2.05) is 0 Å². The maximum Gasteiger partial charge on any atom is 0.140 e. The summed E-state index contributed by atoms with van der Waals surface area (Å²) in [4.78, 5) is 0. The molecule has 0 bridgehead atoms. The van der Waals surface area contributed by atoms with Gasteiger partial charge < -0.3 is 9.84 Å². The molecule has 1 N–H and O–H groups in total. The molecule has 0 spiro atoms. The molecule has 1 aromatic carbocycles. The zero-order chi connectivity index (χ0) is 15.0. The number of nitrogens with zero attached hydrogens (tertiary/aromatic N) is 4. The molecule has 0 atom stereocenters. The molecule has 0 aliphatic heterocycles. The Morgan fingerprint density at radius 1 is 1.00 bits per heavy atom. The highest BCUT2D eigenvalue weighted by Gasteiger charge is 2.05. The van der Waals surface area contributed by atoms with Gasteiger partial charge in [0.2, 0.25) is 0 Å². The van der Waals surface area contributed by atoms with Crippen molar-refractivity contribution in [3.63, 3.8) is 0 Å². The Morgan fingerprint density at radius 3 is 2.10 bits per heavy atom. The van der Waals surface area contributed by atoms with Crippen LogP contribution >= 0.6 is 0 Å². The predicted molar refractivity (Wildman–Crippen MR) is 67.5 cm³/mol. The van der Waals surface area contributed by atoms with E-state index in [9.17, 15) is 0 Å². The second-order valence-corrected chi connectivity index (χ2v) is 3.48. The van der Waals surface area contributed by atoms with Crippen LogP contribution in [0.4, 0.5) is 0 Å². The second kappa shape index (κ2) is 7.19. The zero-order valence-electron chi connectivity index (χ0n) is 10.3. The molecule has 0 unspecified atom stereocenters. The van der Waals surface area contributed by atoms with Gasteiger partial charge in [0.15, 0.2) is 0 Å². The molecule has 0 aliphatic carbocycles. The second-order valence-electron chi connectivity index (χ2n) is 3.48. The average Bonchev–Trinajstić information content (AvgIpc) is 2.49. The van der Waals surface area contributed by atoms with E-state index in [4.69, 9.17) is 30.9 Å². The van der Waals surface area contributed by atoms with E-state index in [0.717, 1.165) is 0 Å². The molecular formula is C14H8N4O2. The van der Waals surface area contributed by atoms with Gasteiger partial charge in [-0.05, 0) is 12.1 Å². The standard InChI is InChI=1S/C14H8N4O2/c15-6-11(7-16)10-1-2-13(12(8-17)9-18)14(5-10)20-4-3-19/h1-2,5,19H,3-4H2. The van der Waals surface area contributed by atoms with Crippen molar-refractivity contribution in [2.75, 3.05) is 13.2 Å². The minimum absolute atomic E-state index is 0.0327. The van der Waals surface area contributed by atoms with Crippen molar-refractivity contribution in [1.82, 2.24) is 0 Å². The van der Waals surface area contributed by atoms with E-state index in [1.165, 1.54) is 18.2 Å². The van der Waals surface area contributed by atoms with Crippen LogP contribution in [0.3, 0.4) is 0 Å². The van der Waals surface area contributed by atoms with Gasteiger partial charge in [-0.2, -0.15) is 21.0 Å². The Morgan fingerprint density at radius 2 is 1.60 bits per heavy atom. The van der Waals surface area contributed by atoms with Crippen LogP contribution in [0, 0.1) is 45.3 Å². The summed E-state index contributed by atoms with van der Waals surface area (Å²) >= 11 is 0. The number of nitriles is 4. The van der Waals surface area contributed by atoms with E-state index in [2.05, 4.69) is 0 Å². The summed E-state index contributed by atoms with van der Waals surface area (Å²) in [6, 6.07) is 11.2. The summed E-state index contributed by atoms with van der Waals surface area (Å²) < 4.78 is 5.25. The fourth-order valence-electron chi connectivity index (χ4n) is 1.46. The monoisotopic (exact) mass is 264 g/mol. The fraction of sp³-hybridized carbons (Fsp3) is 0.143. The first-order valence-electron chi connectivity index (χ1n) is 5.44. The summed E-state index contributed by atoms with van der Waals surface area (Å²) in [5.41, 5.74) is -0.263. The van der Waals surface area contributed by atoms with Crippen LogP contribution in [0.15, 0.2) is 18.2 Å². The molecule has 6 nitrogen and oxygen atoms in total. The molecule has 0 fully saturated rings. The van der Waals surface area contributed by atoms with Gasteiger partial charge in [0.05, 0.1) is 6.61 Å². The number of ether oxygens (including phenoxy) is 1. The fourth-order valence-corrected chi connectivity index (χ4v) is 1.46. The number of rotatable bonds is 3. The van der Waals surface area contributed by atoms with Crippen molar-refractivity contribution in [2.24, 2.45) is 0 Å². The Kier molecular flexibility index (Phi) is 5.30. The lowest BCUT2D eigenvalue weighted by atomic mass is 10.1. The van der Waals surface area contributed by atoms with Crippen LogP contribution in [0.5, 0.6) is 5.75 Å². The molecule has 0 radical (unpaired) electrons. The van der Waals surface area contributed by atoms with Gasteiger partial charge in [-0.3, -0.25) is 0 Å². The molecule has 96 valence electrons. The minimum Gasteiger partial charge on any atom is -0.490 e. The lowest BCUT2D eigenvalue weighted by Crippen LogP contribution is -2.18. The van der Waals surface area contributed by atoms with Gasteiger partial charge in [0.25, 0.3) is 0 Å². The number of aliphatic hydroxyl groups excluding tert-OH is 1. The minimum atomic E-state index is -0.245. The summed E-state index contributed by atoms with van der Waals surface area (Å²) in [5, 5.41) is 44.7. The van der Waals surface area contributed by atoms with Crippen LogP contribution in [0.25, 0.3) is 11.1 Å². The topological polar surface area (TPSA) is 125 Å². The third kappa shape index (κ3) is 3.12. The van der Waals surface area contributed by atoms with Crippen molar-refractivity contribution in [1.29, 1.82) is 21.0 Å². The van der Waals surface area contributed by atoms with Gasteiger partial charge in [-0.15, -0.1) is 0 Å². The largest absolute Gasteiger partial charge is 0.490 e. The molecule has 6 heteroatoms. The molecule has 0 amide bonds. The van der Waals surface area contributed by atoms with E-state index in [-0.39, 0.29) is 35.3 Å². The Hall–Kier alpha value is -3.32. The number of hydrogen-bond donors (Lipinski definition) is 1. The molecule has 0 saturated heterocycles. The van der Waals surface area contributed by atoms with Crippen molar-refractivity contribution < 1.29 is 9.84 Å². The maximum atomic E-state index is 8.88. The molecule has 1 rings (SSSR count). The highest BCUT2D eigenvalue weighted by atomic mass is 16.5. The summed E-state index contributed by atoms with van der Waals surface area (Å²) in [6.07, 6.45) is 0. The van der Waals surface area contributed by atoms with Gasteiger partial charge >= 0.3 is 0 Å². The van der Waals surface area contributed by atoms with Gasteiger partial charge in [0.1, 0.15) is 47.8 Å². The molecule has 0 heterocycles. The third-order valence-corrected chi connectivity index (χ3v) is 2.34. The van der Waals surface area contributed by atoms with E-state index in [0.29, 0.717) is 5.22 Å². The number of hydrogen-bond acceptors (Lipinski definition) is 6. The van der Waals surface area contributed by atoms with Crippen LogP contribution < -0.4 is 15.2 Å². The Balaban J connectivity index is 3.71. The normalized spacial score (nSPS) is 8.45. The first-order valence-corrected chi connectivity index (χ1v) is 5.44. The van der Waals surface area contributed by atoms with Gasteiger partial charge in [-0.1, -0.05) is 6.07 Å². The lowest BCUT2D eigenvalue weighted by molar-refractivity contribution is 0.200. The molecule has 20 heavy (non-hydrogen) atoms. The van der Waals surface area contributed by atoms with E-state index < -0.39 is 0 Å². The first-order chi connectivity index (χ1) is 9.71. The zero-order valence-corrected chi connectivity index (χ0v) is 10.3. The Bertz CT molecular complexity index is 766. The van der Waals surface area contributed by atoms with Crippen LogP contribution in [0.1, 0.15) is 0 Å². The quantitative estimate of drug-likeness (QED) is 0.781. The van der Waals surface area contributed by atoms with Crippen molar-refractivity contribution in [2.45, 2.75) is 0 Å². The van der Waals surface area contributed by atoms with E-state index >= 15 is 0 Å². The van der Waals surface area contributed by atoms with Crippen molar-refractivity contribution in [3.05, 3.63) is 28.6 Å². The molecule has 1 aromatic rings. The SMILES string of the molecule is N#CC(C#N)=c1ccc(=C(C#N)C#N)c(OCCO)c1. The lowest BCUT2D eigenvalue weighted by Gasteiger charge is -2.05. The summed E-state index contributed by atoms with van der Waals surface area (Å²) in [6.45, 7) is -0.278. The first kappa shape index (κ1) is 14.7. The summed E-state index contributed by atoms with van der Waals surface area (Å²) in [5.74, 6) is 0.164. The van der Waals surface area contributed by atoms with Gasteiger partial charge in [-0.25, -0.2) is 0 Å². The Labute approximate surface area is 114 Å². The average molecular weight is 264 g/mol. The van der Waals surface area contributed by atoms with Crippen LogP contribution in [-0.4, -0.2) is 18.3 Å². The van der Waals surface area contributed by atoms with E-state index in [1.54, 1.807) is 24.3 Å². The smallest absolute Gasteiger partial charge is 0.140 e. The molecule has 0 aromatic heterocycles. The van der Waals surface area contributed by atoms with Crippen molar-refractivity contribution >= 4 is 11.1 Å². The summed E-state index contributed by atoms with van der Waals surface area (Å²) in [7, 11) is 0.